The maximum atomic E-state index is 12.4. The summed E-state index contributed by atoms with van der Waals surface area (Å²) in [7, 11) is 0.961. The second-order valence-corrected chi connectivity index (χ2v) is 5.31. The van der Waals surface area contributed by atoms with Gasteiger partial charge in [0.15, 0.2) is 0 Å². The zero-order chi connectivity index (χ0) is 13.4. The van der Waals surface area contributed by atoms with E-state index in [1.165, 1.54) is 4.57 Å². The Labute approximate surface area is 110 Å². The molecule has 1 fully saturated rings. The molecular formula is C13H11N2O3P. The minimum absolute atomic E-state index is 0.177. The molecule has 6 heteroatoms. The van der Waals surface area contributed by atoms with Gasteiger partial charge in [-0.2, -0.15) is 0 Å². The number of nitrogens with one attached hydrogen (secondary N) is 1. The minimum atomic E-state index is -0.591. The molecule has 96 valence electrons. The summed E-state index contributed by atoms with van der Waals surface area (Å²) in [6, 6.07) is 3.13. The Hall–Kier alpha value is -2.00. The number of imide groups is 1. The van der Waals surface area contributed by atoms with Crippen molar-refractivity contribution in [2.75, 3.05) is 0 Å². The van der Waals surface area contributed by atoms with Gasteiger partial charge in [0.05, 0.1) is 5.39 Å². The lowest BCUT2D eigenvalue weighted by atomic mass is 10.1. The molecule has 1 atom stereocenters. The molecule has 0 aromatic carbocycles. The third-order valence-electron chi connectivity index (χ3n) is 3.28. The van der Waals surface area contributed by atoms with Crippen LogP contribution in [0.15, 0.2) is 34.7 Å². The fourth-order valence-electron chi connectivity index (χ4n) is 2.29. The number of rotatable bonds is 1. The fraction of sp³-hybridized carbons (Fsp3) is 0.231. The van der Waals surface area contributed by atoms with Gasteiger partial charge in [-0.25, -0.2) is 0 Å². The van der Waals surface area contributed by atoms with Gasteiger partial charge in [0, 0.05) is 12.6 Å². The number of carbonyl (C=O) groups excluding carboxylic acids is 2. The second kappa shape index (κ2) is 4.59. The molecule has 1 aliphatic heterocycles. The van der Waals surface area contributed by atoms with Gasteiger partial charge in [0.1, 0.15) is 6.04 Å². The number of fused-ring (bicyclic) bond motifs is 1. The first-order valence-electron chi connectivity index (χ1n) is 5.95. The Morgan fingerprint density at radius 2 is 2.11 bits per heavy atom. The summed E-state index contributed by atoms with van der Waals surface area (Å²) in [5.74, 6) is 3.11. The van der Waals surface area contributed by atoms with E-state index in [-0.39, 0.29) is 17.9 Å². The van der Waals surface area contributed by atoms with Crippen molar-refractivity contribution in [2.24, 2.45) is 0 Å². The van der Waals surface area contributed by atoms with E-state index in [9.17, 15) is 14.4 Å². The van der Waals surface area contributed by atoms with Crippen molar-refractivity contribution in [3.05, 3.63) is 40.3 Å². The topological polar surface area (TPSA) is 68.2 Å². The van der Waals surface area contributed by atoms with Crippen LogP contribution in [0, 0.1) is 0 Å². The minimum Gasteiger partial charge on any atom is -0.302 e. The average Bonchev–Trinajstić information content (AvgIpc) is 2.41. The van der Waals surface area contributed by atoms with Crippen LogP contribution >= 0.6 is 8.19 Å². The van der Waals surface area contributed by atoms with E-state index >= 15 is 0 Å². The summed E-state index contributed by atoms with van der Waals surface area (Å²) in [5.41, 5.74) is -0.177. The Kier molecular flexibility index (Phi) is 2.91. The number of nitrogens with zero attached hydrogens (tertiary/aromatic N) is 1. The highest BCUT2D eigenvalue weighted by Crippen LogP contribution is 2.20. The second-order valence-electron chi connectivity index (χ2n) is 4.46. The van der Waals surface area contributed by atoms with Crippen LogP contribution in [-0.2, 0) is 9.59 Å². The van der Waals surface area contributed by atoms with E-state index in [0.29, 0.717) is 11.8 Å². The predicted molar refractivity (Wildman–Crippen MR) is 72.1 cm³/mol. The van der Waals surface area contributed by atoms with Gasteiger partial charge in [0.25, 0.3) is 5.56 Å². The maximum absolute atomic E-state index is 12.4. The first-order chi connectivity index (χ1) is 9.16. The lowest BCUT2D eigenvalue weighted by Gasteiger charge is -2.23. The monoisotopic (exact) mass is 274 g/mol. The molecule has 0 spiro atoms. The lowest BCUT2D eigenvalue weighted by molar-refractivity contribution is -0.135. The molecule has 3 rings (SSSR count). The third-order valence-corrected chi connectivity index (χ3v) is 4.01. The van der Waals surface area contributed by atoms with E-state index in [2.05, 4.69) is 5.32 Å². The molecule has 1 unspecified atom stereocenters. The molecule has 0 bridgehead atoms. The standard InChI is InChI=1S/C13H11N2O3P/c16-11-2-1-10(12(17)14-11)15-5-3-8-4-6-19-7-9(8)13(15)18/h3-7,10H,1-2H2,(H,14,16,17). The summed E-state index contributed by atoms with van der Waals surface area (Å²) in [6.45, 7) is 0. The molecule has 19 heavy (non-hydrogen) atoms. The average molecular weight is 274 g/mol. The van der Waals surface area contributed by atoms with Crippen molar-refractivity contribution >= 4 is 30.8 Å². The normalized spacial score (nSPS) is 19.9. The van der Waals surface area contributed by atoms with Crippen LogP contribution in [-0.4, -0.2) is 16.4 Å². The molecule has 5 nitrogen and oxygen atoms in total. The van der Waals surface area contributed by atoms with Gasteiger partial charge in [-0.15, -0.1) is 0 Å². The Bertz CT molecular complexity index is 738. The number of piperidine rings is 1. The van der Waals surface area contributed by atoms with Crippen molar-refractivity contribution in [1.82, 2.24) is 9.88 Å². The molecule has 2 aromatic rings. The highest BCUT2D eigenvalue weighted by Gasteiger charge is 2.28. The molecule has 0 saturated carbocycles. The molecule has 0 radical (unpaired) electrons. The summed E-state index contributed by atoms with van der Waals surface area (Å²) >= 11 is 0. The van der Waals surface area contributed by atoms with Gasteiger partial charge >= 0.3 is 0 Å². The number of amides is 2. The summed E-state index contributed by atoms with van der Waals surface area (Å²) in [4.78, 5) is 35.3. The number of aromatic nitrogens is 1. The maximum Gasteiger partial charge on any atom is 0.259 e. The molecule has 1 N–H and O–H groups in total. The van der Waals surface area contributed by atoms with E-state index in [4.69, 9.17) is 0 Å². The smallest absolute Gasteiger partial charge is 0.259 e. The van der Waals surface area contributed by atoms with E-state index < -0.39 is 11.9 Å². The van der Waals surface area contributed by atoms with Crippen molar-refractivity contribution in [2.45, 2.75) is 18.9 Å². The SMILES string of the molecule is O=C1CCC(n2ccc3ccpcc3c2=O)C(=O)N1. The third kappa shape index (κ3) is 2.06. The van der Waals surface area contributed by atoms with Crippen molar-refractivity contribution in [3.8, 4) is 0 Å². The zero-order valence-electron chi connectivity index (χ0n) is 10.00. The highest BCUT2D eigenvalue weighted by atomic mass is 31.0. The largest absolute Gasteiger partial charge is 0.302 e. The number of carbonyl (C=O) groups is 2. The van der Waals surface area contributed by atoms with Gasteiger partial charge in [0.2, 0.25) is 11.8 Å². The molecule has 0 aliphatic carbocycles. The quantitative estimate of drug-likeness (QED) is 0.802. The molecular weight excluding hydrogens is 263 g/mol. The van der Waals surface area contributed by atoms with Gasteiger partial charge in [-0.1, -0.05) is 8.19 Å². The van der Waals surface area contributed by atoms with Crippen LogP contribution in [0.1, 0.15) is 18.9 Å². The summed E-state index contributed by atoms with van der Waals surface area (Å²) < 4.78 is 1.42. The summed E-state index contributed by atoms with van der Waals surface area (Å²) in [5, 5.41) is 3.76. The molecule has 1 aliphatic rings. The van der Waals surface area contributed by atoms with Crippen molar-refractivity contribution in [1.29, 1.82) is 0 Å². The number of pyridine rings is 1. The van der Waals surface area contributed by atoms with E-state index in [1.54, 1.807) is 6.20 Å². The Balaban J connectivity index is 2.11. The molecule has 2 amide bonds. The lowest BCUT2D eigenvalue weighted by Crippen LogP contribution is -2.44. The van der Waals surface area contributed by atoms with Gasteiger partial charge in [-0.05, 0) is 35.5 Å². The first-order valence-corrected chi connectivity index (χ1v) is 6.98. The van der Waals surface area contributed by atoms with Gasteiger partial charge < -0.3 is 4.57 Å². The fourth-order valence-corrected chi connectivity index (χ4v) is 3.03. The van der Waals surface area contributed by atoms with Crippen molar-refractivity contribution in [3.63, 3.8) is 0 Å². The summed E-state index contributed by atoms with van der Waals surface area (Å²) in [6.07, 6.45) is 2.26. The molecule has 1 saturated heterocycles. The van der Waals surface area contributed by atoms with Crippen LogP contribution in [0.4, 0.5) is 0 Å². The molecule has 3 heterocycles. The Morgan fingerprint density at radius 1 is 1.26 bits per heavy atom. The number of hydrogen-bond acceptors (Lipinski definition) is 3. The van der Waals surface area contributed by atoms with Crippen molar-refractivity contribution < 1.29 is 9.59 Å². The van der Waals surface area contributed by atoms with Crippen LogP contribution in [0.5, 0.6) is 0 Å². The van der Waals surface area contributed by atoms with E-state index in [0.717, 1.165) is 13.6 Å². The highest BCUT2D eigenvalue weighted by molar-refractivity contribution is 7.28. The van der Waals surface area contributed by atoms with Crippen LogP contribution < -0.4 is 10.9 Å². The Morgan fingerprint density at radius 3 is 2.89 bits per heavy atom. The van der Waals surface area contributed by atoms with Crippen LogP contribution in [0.2, 0.25) is 0 Å². The predicted octanol–water partition coefficient (Wildman–Crippen LogP) is 1.56. The number of hydrogen-bond donors (Lipinski definition) is 1. The van der Waals surface area contributed by atoms with E-state index in [1.807, 2.05) is 23.7 Å². The first kappa shape index (κ1) is 12.1. The van der Waals surface area contributed by atoms with Crippen LogP contribution in [0.3, 0.4) is 0 Å². The van der Waals surface area contributed by atoms with Gasteiger partial charge in [-0.3, -0.25) is 19.7 Å². The molecule has 2 aromatic heterocycles. The zero-order valence-corrected chi connectivity index (χ0v) is 10.9. The van der Waals surface area contributed by atoms with Crippen LogP contribution in [0.25, 0.3) is 10.8 Å².